The predicted molar refractivity (Wildman–Crippen MR) is 73.4 cm³/mol. The molecule has 0 bridgehead atoms. The number of nitrogens with two attached hydrogens (primary N) is 1. The van der Waals surface area contributed by atoms with E-state index in [4.69, 9.17) is 22.4 Å². The second-order valence-electron chi connectivity index (χ2n) is 3.58. The number of carboxylic acid groups (broad SMARTS) is 1. The maximum absolute atomic E-state index is 11.0. The first-order chi connectivity index (χ1) is 8.58. The van der Waals surface area contributed by atoms with Crippen molar-refractivity contribution in [1.82, 2.24) is 0 Å². The number of rotatable bonds is 3. The molecule has 0 saturated heterocycles. The highest BCUT2D eigenvalue weighted by atomic mass is 35.5. The lowest BCUT2D eigenvalue weighted by atomic mass is 10.2. The van der Waals surface area contributed by atoms with Gasteiger partial charge in [-0.3, -0.25) is 0 Å². The van der Waals surface area contributed by atoms with Crippen LogP contribution in [0.2, 0.25) is 5.02 Å². The number of nitrogen functional groups attached to an aromatic ring is 1. The molecule has 0 fully saturated rings. The summed E-state index contributed by atoms with van der Waals surface area (Å²) in [5.74, 6) is -1.02. The number of benzene rings is 2. The van der Waals surface area contributed by atoms with E-state index in [2.05, 4.69) is 0 Å². The number of para-hydroxylation sites is 1. The number of anilines is 1. The van der Waals surface area contributed by atoms with Crippen molar-refractivity contribution in [3.05, 3.63) is 53.1 Å². The fraction of sp³-hybridized carbons (Fsp3) is 0. The van der Waals surface area contributed by atoms with Crippen molar-refractivity contribution in [2.24, 2.45) is 0 Å². The zero-order valence-electron chi connectivity index (χ0n) is 9.26. The predicted octanol–water partition coefficient (Wildman–Crippen LogP) is 3.77. The topological polar surface area (TPSA) is 63.3 Å². The third-order valence-electron chi connectivity index (χ3n) is 2.34. The van der Waals surface area contributed by atoms with E-state index >= 15 is 0 Å². The molecule has 0 aromatic heterocycles. The molecule has 0 spiro atoms. The van der Waals surface area contributed by atoms with Gasteiger partial charge in [0.25, 0.3) is 0 Å². The Bertz CT molecular complexity index is 584. The molecule has 92 valence electrons. The summed E-state index contributed by atoms with van der Waals surface area (Å²) in [6.45, 7) is 0. The van der Waals surface area contributed by atoms with E-state index in [0.717, 1.165) is 9.79 Å². The van der Waals surface area contributed by atoms with E-state index in [0.29, 0.717) is 5.02 Å². The molecule has 3 nitrogen and oxygen atoms in total. The summed E-state index contributed by atoms with van der Waals surface area (Å²) in [6.07, 6.45) is 0. The van der Waals surface area contributed by atoms with Crippen LogP contribution in [-0.4, -0.2) is 11.1 Å². The fourth-order valence-corrected chi connectivity index (χ4v) is 2.47. The molecule has 2 aromatic rings. The maximum atomic E-state index is 11.0. The molecule has 18 heavy (non-hydrogen) atoms. The van der Waals surface area contributed by atoms with Crippen LogP contribution < -0.4 is 5.73 Å². The van der Waals surface area contributed by atoms with Gasteiger partial charge in [0.05, 0.1) is 11.3 Å². The van der Waals surface area contributed by atoms with Crippen molar-refractivity contribution >= 4 is 35.0 Å². The Morgan fingerprint density at radius 2 is 1.83 bits per heavy atom. The molecule has 0 atom stereocenters. The first-order valence-electron chi connectivity index (χ1n) is 5.13. The summed E-state index contributed by atoms with van der Waals surface area (Å²) in [5.41, 5.74) is 6.24. The molecule has 0 heterocycles. The van der Waals surface area contributed by atoms with Gasteiger partial charge in [-0.25, -0.2) is 4.79 Å². The molecule has 0 aliphatic heterocycles. The molecular weight excluding hydrogens is 270 g/mol. The Morgan fingerprint density at radius 3 is 2.44 bits per heavy atom. The van der Waals surface area contributed by atoms with Gasteiger partial charge in [-0.15, -0.1) is 0 Å². The van der Waals surface area contributed by atoms with E-state index in [1.807, 2.05) is 12.1 Å². The highest BCUT2D eigenvalue weighted by molar-refractivity contribution is 7.99. The summed E-state index contributed by atoms with van der Waals surface area (Å²) < 4.78 is 0. The van der Waals surface area contributed by atoms with Crippen molar-refractivity contribution in [2.75, 3.05) is 5.73 Å². The van der Waals surface area contributed by atoms with Crippen LogP contribution in [0.4, 0.5) is 5.69 Å². The molecule has 5 heteroatoms. The monoisotopic (exact) mass is 279 g/mol. The third kappa shape index (κ3) is 2.78. The normalized spacial score (nSPS) is 10.3. The third-order valence-corrected chi connectivity index (χ3v) is 3.67. The molecule has 0 aliphatic carbocycles. The molecule has 0 radical (unpaired) electrons. The fourth-order valence-electron chi connectivity index (χ4n) is 1.45. The van der Waals surface area contributed by atoms with E-state index in [1.165, 1.54) is 17.8 Å². The second-order valence-corrected chi connectivity index (χ2v) is 5.13. The molecule has 0 amide bonds. The zero-order valence-corrected chi connectivity index (χ0v) is 10.8. The van der Waals surface area contributed by atoms with Gasteiger partial charge in [-0.1, -0.05) is 29.4 Å². The van der Waals surface area contributed by atoms with Gasteiger partial charge in [0.2, 0.25) is 0 Å². The molecule has 0 unspecified atom stereocenters. The molecule has 2 aromatic carbocycles. The Balaban J connectivity index is 2.32. The van der Waals surface area contributed by atoms with Crippen molar-refractivity contribution in [3.8, 4) is 0 Å². The van der Waals surface area contributed by atoms with Crippen molar-refractivity contribution in [2.45, 2.75) is 9.79 Å². The summed E-state index contributed by atoms with van der Waals surface area (Å²) in [7, 11) is 0. The standard InChI is InChI=1S/C13H10ClNO2S/c14-8-4-6-9(7-5-8)18-11-3-1-2-10(12(11)15)13(16)17/h1-7H,15H2,(H,16,17). The first kappa shape index (κ1) is 12.8. The van der Waals surface area contributed by atoms with Gasteiger partial charge >= 0.3 is 5.97 Å². The van der Waals surface area contributed by atoms with Crippen LogP contribution in [0.5, 0.6) is 0 Å². The Kier molecular flexibility index (Phi) is 3.79. The van der Waals surface area contributed by atoms with E-state index in [1.54, 1.807) is 24.3 Å². The molecule has 0 aliphatic rings. The number of carbonyl (C=O) groups is 1. The second kappa shape index (κ2) is 5.33. The molecule has 3 N–H and O–H groups in total. The summed E-state index contributed by atoms with van der Waals surface area (Å²) in [4.78, 5) is 12.6. The Labute approximate surface area is 114 Å². The summed E-state index contributed by atoms with van der Waals surface area (Å²) in [6, 6.07) is 12.2. The molecular formula is C13H10ClNO2S. The van der Waals surface area contributed by atoms with Crippen LogP contribution in [0.15, 0.2) is 52.3 Å². The Morgan fingerprint density at radius 1 is 1.17 bits per heavy atom. The van der Waals surface area contributed by atoms with E-state index in [-0.39, 0.29) is 11.3 Å². The number of hydrogen-bond donors (Lipinski definition) is 2. The SMILES string of the molecule is Nc1c(Sc2ccc(Cl)cc2)cccc1C(=O)O. The van der Waals surface area contributed by atoms with Gasteiger partial charge in [0, 0.05) is 14.8 Å². The highest BCUT2D eigenvalue weighted by Gasteiger charge is 2.11. The lowest BCUT2D eigenvalue weighted by molar-refractivity contribution is 0.0698. The molecule has 2 rings (SSSR count). The Hall–Kier alpha value is -1.65. The number of hydrogen-bond acceptors (Lipinski definition) is 3. The number of halogens is 1. The first-order valence-corrected chi connectivity index (χ1v) is 6.32. The van der Waals surface area contributed by atoms with Crippen LogP contribution >= 0.6 is 23.4 Å². The quantitative estimate of drug-likeness (QED) is 0.840. The van der Waals surface area contributed by atoms with Gasteiger partial charge in [-0.2, -0.15) is 0 Å². The van der Waals surface area contributed by atoms with Gasteiger partial charge in [-0.05, 0) is 36.4 Å². The largest absolute Gasteiger partial charge is 0.478 e. The molecule has 0 saturated carbocycles. The minimum absolute atomic E-state index is 0.119. The number of aromatic carboxylic acids is 1. The average Bonchev–Trinajstić information content (AvgIpc) is 2.34. The summed E-state index contributed by atoms with van der Waals surface area (Å²) in [5, 5.41) is 9.64. The zero-order chi connectivity index (χ0) is 13.1. The maximum Gasteiger partial charge on any atom is 0.337 e. The van der Waals surface area contributed by atoms with Crippen LogP contribution in [0.3, 0.4) is 0 Å². The van der Waals surface area contributed by atoms with Crippen molar-refractivity contribution in [3.63, 3.8) is 0 Å². The summed E-state index contributed by atoms with van der Waals surface area (Å²) >= 11 is 7.21. The van der Waals surface area contributed by atoms with Crippen LogP contribution in [0.25, 0.3) is 0 Å². The van der Waals surface area contributed by atoms with E-state index in [9.17, 15) is 4.79 Å². The lowest BCUT2D eigenvalue weighted by Gasteiger charge is -2.07. The van der Waals surface area contributed by atoms with Gasteiger partial charge < -0.3 is 10.8 Å². The smallest absolute Gasteiger partial charge is 0.337 e. The van der Waals surface area contributed by atoms with E-state index < -0.39 is 5.97 Å². The van der Waals surface area contributed by atoms with Crippen molar-refractivity contribution in [1.29, 1.82) is 0 Å². The minimum atomic E-state index is -1.02. The number of carboxylic acids is 1. The lowest BCUT2D eigenvalue weighted by Crippen LogP contribution is -2.03. The van der Waals surface area contributed by atoms with Crippen LogP contribution in [0.1, 0.15) is 10.4 Å². The average molecular weight is 280 g/mol. The van der Waals surface area contributed by atoms with Gasteiger partial charge in [0.15, 0.2) is 0 Å². The van der Waals surface area contributed by atoms with Crippen molar-refractivity contribution < 1.29 is 9.90 Å². The highest BCUT2D eigenvalue weighted by Crippen LogP contribution is 2.34. The minimum Gasteiger partial charge on any atom is -0.478 e. The van der Waals surface area contributed by atoms with Crippen LogP contribution in [0, 0.1) is 0 Å². The van der Waals surface area contributed by atoms with Gasteiger partial charge in [0.1, 0.15) is 0 Å². The van der Waals surface area contributed by atoms with Crippen LogP contribution in [-0.2, 0) is 0 Å².